The summed E-state index contributed by atoms with van der Waals surface area (Å²) in [4.78, 5) is 19.8. The van der Waals surface area contributed by atoms with Crippen LogP contribution in [-0.2, 0) is 9.59 Å². The highest BCUT2D eigenvalue weighted by molar-refractivity contribution is 5.74. The summed E-state index contributed by atoms with van der Waals surface area (Å²) in [5.41, 5.74) is 0. The van der Waals surface area contributed by atoms with Gasteiger partial charge in [0.05, 0.1) is 6.42 Å². The number of carboxylic acids is 2. The van der Waals surface area contributed by atoms with Gasteiger partial charge in [0, 0.05) is 0 Å². The van der Waals surface area contributed by atoms with Gasteiger partial charge in [0.2, 0.25) is 0 Å². The average Bonchev–Trinajstić information content (AvgIpc) is 1.86. The van der Waals surface area contributed by atoms with Gasteiger partial charge in [-0.1, -0.05) is 6.08 Å². The summed E-state index contributed by atoms with van der Waals surface area (Å²) in [5.74, 6) is -2.47. The first kappa shape index (κ1) is 9.64. The second kappa shape index (κ2) is 4.45. The minimum absolute atomic E-state index is 0.287. The third-order valence-corrected chi connectivity index (χ3v) is 0.864. The molecule has 5 nitrogen and oxygen atoms in total. The summed E-state index contributed by atoms with van der Waals surface area (Å²) < 4.78 is 0. The van der Waals surface area contributed by atoms with Gasteiger partial charge in [-0.2, -0.15) is 0 Å². The van der Waals surface area contributed by atoms with Crippen molar-refractivity contribution in [2.75, 3.05) is 0 Å². The lowest BCUT2D eigenvalue weighted by Crippen LogP contribution is -2.16. The highest BCUT2D eigenvalue weighted by atomic mass is 16.4. The summed E-state index contributed by atoms with van der Waals surface area (Å²) in [6, 6.07) is 0. The molecule has 0 aliphatic heterocycles. The van der Waals surface area contributed by atoms with Gasteiger partial charge in [0.1, 0.15) is 0 Å². The number of hydrogen-bond donors (Lipinski definition) is 3. The minimum atomic E-state index is -1.62. The molecule has 0 aromatic heterocycles. The minimum Gasteiger partial charge on any atom is -0.481 e. The summed E-state index contributed by atoms with van der Waals surface area (Å²) in [6.07, 6.45) is 0.0939. The fourth-order valence-electron chi connectivity index (χ4n) is 0.380. The van der Waals surface area contributed by atoms with Crippen LogP contribution in [0.3, 0.4) is 0 Å². The van der Waals surface area contributed by atoms with Crippen LogP contribution in [0.25, 0.3) is 0 Å². The van der Waals surface area contributed by atoms with Crippen molar-refractivity contribution < 1.29 is 24.9 Å². The molecule has 0 aliphatic rings. The van der Waals surface area contributed by atoms with Crippen LogP contribution in [-0.4, -0.2) is 33.4 Å². The lowest BCUT2D eigenvalue weighted by Gasteiger charge is -1.94. The molecule has 0 aliphatic carbocycles. The van der Waals surface area contributed by atoms with Crippen molar-refractivity contribution in [1.29, 1.82) is 0 Å². The summed E-state index contributed by atoms with van der Waals surface area (Å²) >= 11 is 0. The average molecular weight is 160 g/mol. The third kappa shape index (κ3) is 5.10. The number of aliphatic carboxylic acids is 2. The van der Waals surface area contributed by atoms with Gasteiger partial charge in [0.25, 0.3) is 0 Å². The zero-order valence-corrected chi connectivity index (χ0v) is 5.60. The van der Waals surface area contributed by atoms with Crippen LogP contribution in [0.5, 0.6) is 0 Å². The van der Waals surface area contributed by atoms with Crippen molar-refractivity contribution in [3.05, 3.63) is 12.2 Å². The molecule has 1 atom stereocenters. The molecular weight excluding hydrogens is 152 g/mol. The summed E-state index contributed by atoms with van der Waals surface area (Å²) in [7, 11) is 0. The molecule has 0 fully saturated rings. The van der Waals surface area contributed by atoms with E-state index in [-0.39, 0.29) is 6.42 Å². The standard InChI is InChI=1S/C6H8O5/c7-4(6(10)11)2-1-3-5(8)9/h1-2,4,7H,3H2,(H,8,9)(H,10,11)/b2-1-. The van der Waals surface area contributed by atoms with Crippen molar-refractivity contribution >= 4 is 11.9 Å². The Morgan fingerprint density at radius 2 is 1.91 bits per heavy atom. The zero-order valence-electron chi connectivity index (χ0n) is 5.60. The molecule has 0 rings (SSSR count). The van der Waals surface area contributed by atoms with Crippen LogP contribution < -0.4 is 0 Å². The highest BCUT2D eigenvalue weighted by Crippen LogP contribution is 1.88. The largest absolute Gasteiger partial charge is 0.481 e. The van der Waals surface area contributed by atoms with E-state index in [4.69, 9.17) is 15.3 Å². The van der Waals surface area contributed by atoms with E-state index in [1.54, 1.807) is 0 Å². The predicted molar refractivity (Wildman–Crippen MR) is 35.0 cm³/mol. The summed E-state index contributed by atoms with van der Waals surface area (Å²) in [6.45, 7) is 0. The van der Waals surface area contributed by atoms with Gasteiger partial charge >= 0.3 is 11.9 Å². The quantitative estimate of drug-likeness (QED) is 0.480. The van der Waals surface area contributed by atoms with E-state index in [0.29, 0.717) is 0 Å². The molecule has 1 unspecified atom stereocenters. The molecular formula is C6H8O5. The molecule has 0 aromatic carbocycles. The Bertz CT molecular complexity index is 183. The number of hydrogen-bond acceptors (Lipinski definition) is 3. The maximum absolute atomic E-state index is 9.93. The van der Waals surface area contributed by atoms with Gasteiger partial charge in [-0.15, -0.1) is 0 Å². The second-order valence-corrected chi connectivity index (χ2v) is 1.81. The van der Waals surface area contributed by atoms with Gasteiger partial charge in [-0.25, -0.2) is 4.79 Å². The molecule has 5 heteroatoms. The molecule has 0 amide bonds. The van der Waals surface area contributed by atoms with Crippen molar-refractivity contribution in [2.24, 2.45) is 0 Å². The summed E-state index contributed by atoms with van der Waals surface area (Å²) in [5, 5.41) is 24.7. The molecule has 62 valence electrons. The molecule has 0 heterocycles. The molecule has 3 N–H and O–H groups in total. The Hall–Kier alpha value is -1.36. The molecule has 0 saturated heterocycles. The fraction of sp³-hybridized carbons (Fsp3) is 0.333. The maximum Gasteiger partial charge on any atom is 0.336 e. The van der Waals surface area contributed by atoms with Crippen molar-refractivity contribution in [2.45, 2.75) is 12.5 Å². The van der Waals surface area contributed by atoms with Crippen LogP contribution in [0.4, 0.5) is 0 Å². The van der Waals surface area contributed by atoms with Gasteiger partial charge in [0.15, 0.2) is 6.10 Å². The smallest absolute Gasteiger partial charge is 0.336 e. The third-order valence-electron chi connectivity index (χ3n) is 0.864. The van der Waals surface area contributed by atoms with E-state index < -0.39 is 18.0 Å². The first-order chi connectivity index (χ1) is 5.04. The van der Waals surface area contributed by atoms with E-state index in [0.717, 1.165) is 12.2 Å². The van der Waals surface area contributed by atoms with E-state index in [1.807, 2.05) is 0 Å². The van der Waals surface area contributed by atoms with E-state index in [9.17, 15) is 9.59 Å². The second-order valence-electron chi connectivity index (χ2n) is 1.81. The first-order valence-corrected chi connectivity index (χ1v) is 2.83. The first-order valence-electron chi connectivity index (χ1n) is 2.83. The molecule has 0 spiro atoms. The van der Waals surface area contributed by atoms with E-state index in [2.05, 4.69) is 0 Å². The van der Waals surface area contributed by atoms with Crippen LogP contribution >= 0.6 is 0 Å². The van der Waals surface area contributed by atoms with Crippen molar-refractivity contribution in [3.63, 3.8) is 0 Å². The van der Waals surface area contributed by atoms with E-state index in [1.165, 1.54) is 0 Å². The lowest BCUT2D eigenvalue weighted by molar-refractivity contribution is -0.144. The van der Waals surface area contributed by atoms with Crippen molar-refractivity contribution in [3.8, 4) is 0 Å². The maximum atomic E-state index is 9.93. The number of rotatable bonds is 4. The molecule has 0 aromatic rings. The number of carbonyl (C=O) groups is 2. The Kier molecular flexibility index (Phi) is 3.90. The van der Waals surface area contributed by atoms with Gasteiger partial charge in [-0.05, 0) is 6.08 Å². The molecule has 11 heavy (non-hydrogen) atoms. The SMILES string of the molecule is O=C(O)C/C=C\C(O)C(=O)O. The normalized spacial score (nSPS) is 13.2. The Labute approximate surface area is 62.6 Å². The molecule has 0 bridgehead atoms. The molecule has 0 radical (unpaired) electrons. The highest BCUT2D eigenvalue weighted by Gasteiger charge is 2.07. The number of aliphatic hydroxyl groups excluding tert-OH is 1. The Morgan fingerprint density at radius 3 is 2.27 bits per heavy atom. The predicted octanol–water partition coefficient (Wildman–Crippen LogP) is -0.537. The van der Waals surface area contributed by atoms with Crippen molar-refractivity contribution in [1.82, 2.24) is 0 Å². The van der Waals surface area contributed by atoms with Crippen LogP contribution in [0.1, 0.15) is 6.42 Å². The monoisotopic (exact) mass is 160 g/mol. The van der Waals surface area contributed by atoms with Crippen LogP contribution in [0.2, 0.25) is 0 Å². The fourth-order valence-corrected chi connectivity index (χ4v) is 0.380. The zero-order chi connectivity index (χ0) is 8.85. The lowest BCUT2D eigenvalue weighted by atomic mass is 10.3. The topological polar surface area (TPSA) is 94.8 Å². The van der Waals surface area contributed by atoms with Gasteiger partial charge in [-0.3, -0.25) is 4.79 Å². The van der Waals surface area contributed by atoms with Gasteiger partial charge < -0.3 is 15.3 Å². The number of carboxylic acid groups (broad SMARTS) is 2. The number of aliphatic hydroxyl groups is 1. The Balaban J connectivity index is 3.74. The van der Waals surface area contributed by atoms with E-state index >= 15 is 0 Å². The van der Waals surface area contributed by atoms with Crippen LogP contribution in [0, 0.1) is 0 Å². The van der Waals surface area contributed by atoms with Crippen LogP contribution in [0.15, 0.2) is 12.2 Å². The molecule has 0 saturated carbocycles. The Morgan fingerprint density at radius 1 is 1.36 bits per heavy atom.